The van der Waals surface area contributed by atoms with Crippen LogP contribution in [-0.4, -0.2) is 46.5 Å². The molecule has 4 heteroatoms. The lowest BCUT2D eigenvalue weighted by Gasteiger charge is -2.29. The molecule has 2 rings (SSSR count). The molecule has 0 spiro atoms. The molecule has 0 amide bonds. The molecular formula is C15H22N2O2. The van der Waals surface area contributed by atoms with Crippen LogP contribution in [0.4, 0.5) is 0 Å². The van der Waals surface area contributed by atoms with Crippen LogP contribution in [0.2, 0.25) is 0 Å². The minimum Gasteiger partial charge on any atom is -0.392 e. The average molecular weight is 262 g/mol. The third-order valence-corrected chi connectivity index (χ3v) is 3.59. The van der Waals surface area contributed by atoms with Gasteiger partial charge in [-0.05, 0) is 50.9 Å². The Morgan fingerprint density at radius 2 is 2.37 bits per heavy atom. The Morgan fingerprint density at radius 3 is 3.11 bits per heavy atom. The molecule has 2 heterocycles. The second-order valence-corrected chi connectivity index (χ2v) is 5.22. The number of β-amino-alcohol motifs (C(OH)–C–C–N with tert-alkyl or cyclic N) is 1. The Bertz CT molecular complexity index is 394. The number of aromatic nitrogens is 1. The second-order valence-electron chi connectivity index (χ2n) is 5.22. The lowest BCUT2D eigenvalue weighted by Crippen LogP contribution is -2.38. The van der Waals surface area contributed by atoms with Crippen molar-refractivity contribution in [1.82, 2.24) is 9.88 Å². The Morgan fingerprint density at radius 1 is 1.47 bits per heavy atom. The van der Waals surface area contributed by atoms with E-state index in [9.17, 15) is 9.90 Å². The van der Waals surface area contributed by atoms with E-state index in [-0.39, 0.29) is 11.9 Å². The third kappa shape index (κ3) is 4.73. The molecule has 0 radical (unpaired) electrons. The summed E-state index contributed by atoms with van der Waals surface area (Å²) in [5, 5.41) is 9.57. The summed E-state index contributed by atoms with van der Waals surface area (Å²) in [6.45, 7) is 2.85. The number of hydrogen-bond donors (Lipinski definition) is 1. The Balaban J connectivity index is 1.63. The van der Waals surface area contributed by atoms with Gasteiger partial charge in [0.05, 0.1) is 6.10 Å². The zero-order valence-electron chi connectivity index (χ0n) is 11.3. The van der Waals surface area contributed by atoms with Crippen LogP contribution in [0.5, 0.6) is 0 Å². The van der Waals surface area contributed by atoms with Crippen LogP contribution in [0.25, 0.3) is 0 Å². The molecule has 0 aromatic carbocycles. The predicted octanol–water partition coefficient (Wildman–Crippen LogP) is 1.89. The summed E-state index contributed by atoms with van der Waals surface area (Å²) >= 11 is 0. The predicted molar refractivity (Wildman–Crippen MR) is 74.1 cm³/mol. The Labute approximate surface area is 114 Å². The fourth-order valence-corrected chi connectivity index (χ4v) is 2.53. The lowest BCUT2D eigenvalue weighted by atomic mass is 10.1. The fraction of sp³-hybridized carbons (Fsp3) is 0.600. The molecule has 1 atom stereocenters. The van der Waals surface area contributed by atoms with Gasteiger partial charge in [0.2, 0.25) is 0 Å². The smallest absolute Gasteiger partial charge is 0.164 e. The fourth-order valence-electron chi connectivity index (χ4n) is 2.53. The van der Waals surface area contributed by atoms with E-state index in [1.54, 1.807) is 18.5 Å². The number of rotatable bonds is 6. The number of hydrogen-bond acceptors (Lipinski definition) is 4. The van der Waals surface area contributed by atoms with Crippen LogP contribution in [0.15, 0.2) is 24.5 Å². The second kappa shape index (κ2) is 7.36. The maximum Gasteiger partial charge on any atom is 0.164 e. The number of carbonyl (C=O) groups excluding carboxylic acids is 1. The molecule has 4 nitrogen and oxygen atoms in total. The highest BCUT2D eigenvalue weighted by Crippen LogP contribution is 2.11. The van der Waals surface area contributed by atoms with Gasteiger partial charge >= 0.3 is 0 Å². The van der Waals surface area contributed by atoms with Gasteiger partial charge in [-0.15, -0.1) is 0 Å². The SMILES string of the molecule is O=C(CCCCN1CCC[C@@H](O)C1)c1cccnc1. The van der Waals surface area contributed by atoms with Crippen LogP contribution >= 0.6 is 0 Å². The highest BCUT2D eigenvalue weighted by Gasteiger charge is 2.16. The first-order chi connectivity index (χ1) is 9.25. The van der Waals surface area contributed by atoms with E-state index < -0.39 is 0 Å². The normalized spacial score (nSPS) is 20.4. The van der Waals surface area contributed by atoms with Gasteiger partial charge in [0.15, 0.2) is 5.78 Å². The lowest BCUT2D eigenvalue weighted by molar-refractivity contribution is 0.0694. The molecule has 19 heavy (non-hydrogen) atoms. The molecule has 1 aromatic rings. The molecule has 0 bridgehead atoms. The molecular weight excluding hydrogens is 240 g/mol. The highest BCUT2D eigenvalue weighted by molar-refractivity contribution is 5.95. The number of carbonyl (C=O) groups is 1. The summed E-state index contributed by atoms with van der Waals surface area (Å²) < 4.78 is 0. The molecule has 0 aliphatic carbocycles. The number of pyridine rings is 1. The Hall–Kier alpha value is -1.26. The van der Waals surface area contributed by atoms with Crippen molar-refractivity contribution in [3.63, 3.8) is 0 Å². The van der Waals surface area contributed by atoms with E-state index in [2.05, 4.69) is 9.88 Å². The first kappa shape index (κ1) is 14.2. The molecule has 0 unspecified atom stereocenters. The standard InChI is InChI=1S/C15H22N2O2/c18-14-6-4-10-17(12-14)9-2-1-7-15(19)13-5-3-8-16-11-13/h3,5,8,11,14,18H,1-2,4,6-7,9-10,12H2/t14-/m1/s1. The van der Waals surface area contributed by atoms with Gasteiger partial charge in [0.1, 0.15) is 0 Å². The third-order valence-electron chi connectivity index (χ3n) is 3.59. The molecule has 104 valence electrons. The van der Waals surface area contributed by atoms with Crippen molar-refractivity contribution in [2.75, 3.05) is 19.6 Å². The quantitative estimate of drug-likeness (QED) is 0.628. The van der Waals surface area contributed by atoms with Gasteiger partial charge in [-0.2, -0.15) is 0 Å². The zero-order valence-corrected chi connectivity index (χ0v) is 11.3. The number of likely N-dealkylation sites (tertiary alicyclic amines) is 1. The molecule has 1 fully saturated rings. The van der Waals surface area contributed by atoms with Crippen molar-refractivity contribution in [2.24, 2.45) is 0 Å². The van der Waals surface area contributed by atoms with Crippen molar-refractivity contribution in [3.8, 4) is 0 Å². The van der Waals surface area contributed by atoms with Crippen molar-refractivity contribution in [2.45, 2.75) is 38.2 Å². The first-order valence-corrected chi connectivity index (χ1v) is 7.09. The van der Waals surface area contributed by atoms with Crippen molar-refractivity contribution >= 4 is 5.78 Å². The van der Waals surface area contributed by atoms with Gasteiger partial charge < -0.3 is 10.0 Å². The minimum atomic E-state index is -0.161. The summed E-state index contributed by atoms with van der Waals surface area (Å²) in [6, 6.07) is 3.61. The van der Waals surface area contributed by atoms with Crippen molar-refractivity contribution in [3.05, 3.63) is 30.1 Å². The molecule has 1 aliphatic heterocycles. The molecule has 1 N–H and O–H groups in total. The number of unbranched alkanes of at least 4 members (excludes halogenated alkanes) is 1. The van der Waals surface area contributed by atoms with Gasteiger partial charge in [-0.3, -0.25) is 9.78 Å². The van der Waals surface area contributed by atoms with E-state index in [1.165, 1.54) is 0 Å². The molecule has 1 aromatic heterocycles. The van der Waals surface area contributed by atoms with Crippen LogP contribution < -0.4 is 0 Å². The summed E-state index contributed by atoms with van der Waals surface area (Å²) in [7, 11) is 0. The number of nitrogens with zero attached hydrogens (tertiary/aromatic N) is 2. The summed E-state index contributed by atoms with van der Waals surface area (Å²) in [6.07, 6.45) is 7.65. The topological polar surface area (TPSA) is 53.4 Å². The largest absolute Gasteiger partial charge is 0.392 e. The maximum absolute atomic E-state index is 11.9. The molecule has 1 aliphatic rings. The van der Waals surface area contributed by atoms with E-state index in [0.717, 1.165) is 45.3 Å². The Kier molecular flexibility index (Phi) is 5.48. The molecule has 1 saturated heterocycles. The van der Waals surface area contributed by atoms with Gasteiger partial charge in [0.25, 0.3) is 0 Å². The van der Waals surface area contributed by atoms with Gasteiger partial charge in [0, 0.05) is 30.9 Å². The summed E-state index contributed by atoms with van der Waals surface area (Å²) in [4.78, 5) is 18.1. The highest BCUT2D eigenvalue weighted by atomic mass is 16.3. The average Bonchev–Trinajstić information content (AvgIpc) is 2.44. The zero-order chi connectivity index (χ0) is 13.5. The molecule has 0 saturated carbocycles. The number of aliphatic hydroxyl groups excluding tert-OH is 1. The van der Waals surface area contributed by atoms with E-state index in [0.29, 0.717) is 12.0 Å². The van der Waals surface area contributed by atoms with E-state index in [1.807, 2.05) is 6.07 Å². The van der Waals surface area contributed by atoms with Gasteiger partial charge in [-0.1, -0.05) is 0 Å². The van der Waals surface area contributed by atoms with E-state index >= 15 is 0 Å². The maximum atomic E-state index is 11.9. The number of Topliss-reactive ketones (excluding diaryl/α,β-unsaturated/α-hetero) is 1. The first-order valence-electron chi connectivity index (χ1n) is 7.09. The number of aliphatic hydroxyl groups is 1. The van der Waals surface area contributed by atoms with Gasteiger partial charge in [-0.25, -0.2) is 0 Å². The summed E-state index contributed by atoms with van der Waals surface area (Å²) in [5.74, 6) is 0.173. The van der Waals surface area contributed by atoms with E-state index in [4.69, 9.17) is 0 Å². The summed E-state index contributed by atoms with van der Waals surface area (Å²) in [5.41, 5.74) is 0.705. The minimum absolute atomic E-state index is 0.161. The number of ketones is 1. The van der Waals surface area contributed by atoms with Crippen molar-refractivity contribution in [1.29, 1.82) is 0 Å². The number of piperidine rings is 1. The van der Waals surface area contributed by atoms with Crippen LogP contribution in [0.1, 0.15) is 42.5 Å². The van der Waals surface area contributed by atoms with Crippen LogP contribution in [0, 0.1) is 0 Å². The van der Waals surface area contributed by atoms with Crippen molar-refractivity contribution < 1.29 is 9.90 Å². The monoisotopic (exact) mass is 262 g/mol. The van der Waals surface area contributed by atoms with Crippen LogP contribution in [-0.2, 0) is 0 Å². The van der Waals surface area contributed by atoms with Crippen LogP contribution in [0.3, 0.4) is 0 Å².